The molecular formula is C13H18N2O5. The zero-order valence-corrected chi connectivity index (χ0v) is 11.6. The van der Waals surface area contributed by atoms with Crippen molar-refractivity contribution in [1.29, 1.82) is 0 Å². The highest BCUT2D eigenvalue weighted by atomic mass is 16.5. The number of rotatable bonds is 6. The summed E-state index contributed by atoms with van der Waals surface area (Å²) < 4.78 is 10.7. The number of hydrogen-bond donors (Lipinski definition) is 0. The smallest absolute Gasteiger partial charge is 0.320 e. The van der Waals surface area contributed by atoms with Gasteiger partial charge < -0.3 is 9.26 Å². The van der Waals surface area contributed by atoms with Crippen molar-refractivity contribution >= 4 is 11.9 Å². The lowest BCUT2D eigenvalue weighted by Crippen LogP contribution is -2.40. The van der Waals surface area contributed by atoms with Crippen LogP contribution in [0.15, 0.2) is 15.4 Å². The molecule has 0 amide bonds. The van der Waals surface area contributed by atoms with Crippen LogP contribution >= 0.6 is 0 Å². The number of ether oxygens (including phenoxy) is 1. The molecule has 0 unspecified atom stereocenters. The van der Waals surface area contributed by atoms with Gasteiger partial charge in [0.25, 0.3) is 11.5 Å². The summed E-state index contributed by atoms with van der Waals surface area (Å²) in [5, 5.41) is 0. The van der Waals surface area contributed by atoms with Crippen molar-refractivity contribution in [2.75, 3.05) is 19.7 Å². The van der Waals surface area contributed by atoms with Crippen LogP contribution in [0.1, 0.15) is 30.3 Å². The Balaban J connectivity index is 2.01. The largest absolute Gasteiger partial charge is 0.465 e. The maximum atomic E-state index is 12.0. The predicted octanol–water partition coefficient (Wildman–Crippen LogP) is 0.417. The first-order valence-corrected chi connectivity index (χ1v) is 6.64. The molecular weight excluding hydrogens is 264 g/mol. The molecule has 7 nitrogen and oxygen atoms in total. The third kappa shape index (κ3) is 3.57. The van der Waals surface area contributed by atoms with Gasteiger partial charge in [-0.25, -0.2) is 0 Å². The lowest BCUT2D eigenvalue weighted by molar-refractivity contribution is -0.144. The van der Waals surface area contributed by atoms with E-state index in [0.717, 1.165) is 17.6 Å². The number of carbonyl (C=O) groups excluding carboxylic acids is 2. The van der Waals surface area contributed by atoms with E-state index in [1.165, 1.54) is 6.07 Å². The van der Waals surface area contributed by atoms with Gasteiger partial charge >= 0.3 is 5.97 Å². The standard InChI is InChI=1S/C13H18N2O5/c1-3-19-13(18)8-14(10-4-5-10)7-12(17)15-11(16)6-9(2)20-15/h6,10H,3-5,7-8H2,1-2H3. The minimum absolute atomic E-state index is 0.0314. The quantitative estimate of drug-likeness (QED) is 0.703. The molecule has 0 N–H and O–H groups in total. The van der Waals surface area contributed by atoms with Crippen LogP contribution in [-0.2, 0) is 9.53 Å². The van der Waals surface area contributed by atoms with Crippen molar-refractivity contribution in [1.82, 2.24) is 9.64 Å². The van der Waals surface area contributed by atoms with Crippen LogP contribution in [0.3, 0.4) is 0 Å². The fourth-order valence-corrected chi connectivity index (χ4v) is 1.99. The van der Waals surface area contributed by atoms with E-state index in [9.17, 15) is 14.4 Å². The minimum Gasteiger partial charge on any atom is -0.465 e. The van der Waals surface area contributed by atoms with Gasteiger partial charge in [0.05, 0.1) is 19.7 Å². The molecule has 110 valence electrons. The van der Waals surface area contributed by atoms with Gasteiger partial charge in [-0.05, 0) is 26.7 Å². The summed E-state index contributed by atoms with van der Waals surface area (Å²) in [7, 11) is 0. The van der Waals surface area contributed by atoms with Crippen LogP contribution in [-0.4, -0.2) is 47.3 Å². The Kier molecular flexibility index (Phi) is 4.39. The van der Waals surface area contributed by atoms with Gasteiger partial charge in [0, 0.05) is 12.1 Å². The monoisotopic (exact) mass is 282 g/mol. The van der Waals surface area contributed by atoms with Crippen molar-refractivity contribution in [3.63, 3.8) is 0 Å². The Morgan fingerprint density at radius 2 is 2.15 bits per heavy atom. The third-order valence-corrected chi connectivity index (χ3v) is 3.03. The zero-order chi connectivity index (χ0) is 14.7. The highest BCUT2D eigenvalue weighted by molar-refractivity contribution is 5.80. The first kappa shape index (κ1) is 14.5. The van der Waals surface area contributed by atoms with Crippen LogP contribution in [0.4, 0.5) is 0 Å². The summed E-state index contributed by atoms with van der Waals surface area (Å²) in [5.74, 6) is -0.457. The Morgan fingerprint density at radius 1 is 1.45 bits per heavy atom. The Morgan fingerprint density at radius 3 is 2.65 bits per heavy atom. The van der Waals surface area contributed by atoms with E-state index in [4.69, 9.17) is 9.26 Å². The number of carbonyl (C=O) groups is 2. The van der Waals surface area contributed by atoms with Crippen LogP contribution in [0.5, 0.6) is 0 Å². The normalized spacial score (nSPS) is 14.6. The van der Waals surface area contributed by atoms with Crippen molar-refractivity contribution < 1.29 is 18.8 Å². The molecule has 0 aromatic carbocycles. The molecule has 0 saturated heterocycles. The molecule has 1 aromatic heterocycles. The molecule has 1 fully saturated rings. The SMILES string of the molecule is CCOC(=O)CN(CC(=O)n1oc(C)cc1=O)C1CC1. The summed E-state index contributed by atoms with van der Waals surface area (Å²) in [4.78, 5) is 36.8. The van der Waals surface area contributed by atoms with Gasteiger partial charge in [0.1, 0.15) is 5.76 Å². The molecule has 2 rings (SSSR count). The average molecular weight is 282 g/mol. The first-order chi connectivity index (χ1) is 9.51. The summed E-state index contributed by atoms with van der Waals surface area (Å²) >= 11 is 0. The molecule has 1 heterocycles. The van der Waals surface area contributed by atoms with Crippen LogP contribution < -0.4 is 5.56 Å². The molecule has 0 atom stereocenters. The molecule has 0 radical (unpaired) electrons. The summed E-state index contributed by atoms with van der Waals surface area (Å²) in [5.41, 5.74) is -0.487. The average Bonchev–Trinajstić information content (AvgIpc) is 3.14. The van der Waals surface area contributed by atoms with E-state index in [0.29, 0.717) is 12.4 Å². The Labute approximate surface area is 116 Å². The molecule has 1 saturated carbocycles. The highest BCUT2D eigenvalue weighted by Gasteiger charge is 2.32. The molecule has 1 aliphatic rings. The number of hydrogen-bond acceptors (Lipinski definition) is 6. The van der Waals surface area contributed by atoms with E-state index in [1.54, 1.807) is 18.7 Å². The Hall–Kier alpha value is -1.89. The minimum atomic E-state index is -0.487. The number of esters is 1. The molecule has 1 aliphatic carbocycles. The van der Waals surface area contributed by atoms with Gasteiger partial charge in [-0.3, -0.25) is 19.3 Å². The van der Waals surface area contributed by atoms with E-state index >= 15 is 0 Å². The first-order valence-electron chi connectivity index (χ1n) is 6.64. The number of aromatic nitrogens is 1. The highest BCUT2D eigenvalue weighted by Crippen LogP contribution is 2.26. The summed E-state index contributed by atoms with van der Waals surface area (Å²) in [6.45, 7) is 3.66. The fraction of sp³-hybridized carbons (Fsp3) is 0.615. The maximum Gasteiger partial charge on any atom is 0.320 e. The second kappa shape index (κ2) is 6.04. The maximum absolute atomic E-state index is 12.0. The van der Waals surface area contributed by atoms with Gasteiger partial charge in [0.15, 0.2) is 0 Å². The third-order valence-electron chi connectivity index (χ3n) is 3.03. The van der Waals surface area contributed by atoms with Gasteiger partial charge in [-0.1, -0.05) is 0 Å². The molecule has 7 heteroatoms. The molecule has 0 spiro atoms. The second-order valence-corrected chi connectivity index (χ2v) is 4.81. The zero-order valence-electron chi connectivity index (χ0n) is 11.6. The van der Waals surface area contributed by atoms with Crippen molar-refractivity contribution in [3.8, 4) is 0 Å². The molecule has 20 heavy (non-hydrogen) atoms. The number of aryl methyl sites for hydroxylation is 1. The van der Waals surface area contributed by atoms with E-state index in [1.807, 2.05) is 0 Å². The molecule has 0 bridgehead atoms. The van der Waals surface area contributed by atoms with Crippen LogP contribution in [0.25, 0.3) is 0 Å². The van der Waals surface area contributed by atoms with E-state index < -0.39 is 11.5 Å². The Bertz CT molecular complexity index is 555. The lowest BCUT2D eigenvalue weighted by Gasteiger charge is -2.19. The van der Waals surface area contributed by atoms with Crippen molar-refractivity contribution in [2.24, 2.45) is 0 Å². The van der Waals surface area contributed by atoms with Crippen LogP contribution in [0, 0.1) is 6.92 Å². The van der Waals surface area contributed by atoms with Crippen molar-refractivity contribution in [3.05, 3.63) is 22.2 Å². The van der Waals surface area contributed by atoms with Gasteiger partial charge in [0.2, 0.25) is 0 Å². The number of nitrogens with zero attached hydrogens (tertiary/aromatic N) is 2. The molecule has 0 aliphatic heterocycles. The van der Waals surface area contributed by atoms with Gasteiger partial charge in [-0.2, -0.15) is 0 Å². The van der Waals surface area contributed by atoms with E-state index in [2.05, 4.69) is 0 Å². The van der Waals surface area contributed by atoms with Crippen molar-refractivity contribution in [2.45, 2.75) is 32.7 Å². The van der Waals surface area contributed by atoms with Gasteiger partial charge in [-0.15, -0.1) is 4.74 Å². The van der Waals surface area contributed by atoms with Crippen LogP contribution in [0.2, 0.25) is 0 Å². The topological polar surface area (TPSA) is 81.8 Å². The summed E-state index contributed by atoms with van der Waals surface area (Å²) in [6.07, 6.45) is 1.89. The van der Waals surface area contributed by atoms with E-state index in [-0.39, 0.29) is 25.1 Å². The predicted molar refractivity (Wildman–Crippen MR) is 69.6 cm³/mol. The fourth-order valence-electron chi connectivity index (χ4n) is 1.99. The summed E-state index contributed by atoms with van der Waals surface area (Å²) in [6, 6.07) is 1.46. The lowest BCUT2D eigenvalue weighted by atomic mass is 10.4. The molecule has 1 aromatic rings. The second-order valence-electron chi connectivity index (χ2n) is 4.81.